The average molecular weight is 396 g/mol. The summed E-state index contributed by atoms with van der Waals surface area (Å²) in [6, 6.07) is 13.1. The van der Waals surface area contributed by atoms with Gasteiger partial charge in [-0.25, -0.2) is 18.1 Å². The van der Waals surface area contributed by atoms with Crippen molar-refractivity contribution in [1.82, 2.24) is 14.6 Å². The number of sulfonamides is 1. The van der Waals surface area contributed by atoms with Crippen LogP contribution in [0, 0.1) is 0 Å². The van der Waals surface area contributed by atoms with Crippen molar-refractivity contribution in [2.24, 2.45) is 0 Å². The van der Waals surface area contributed by atoms with Crippen LogP contribution in [0.1, 0.15) is 5.56 Å². The SMILES string of the molecule is O=S(=O)(NCC(Cc1ccccc1)N1CCOCC1)c1ccc(Cl)nc1. The van der Waals surface area contributed by atoms with Gasteiger partial charge in [-0.3, -0.25) is 4.90 Å². The molecule has 1 aromatic heterocycles. The van der Waals surface area contributed by atoms with Gasteiger partial charge in [0, 0.05) is 31.9 Å². The number of ether oxygens (including phenoxy) is 1. The Morgan fingerprint density at radius 1 is 1.15 bits per heavy atom. The highest BCUT2D eigenvalue weighted by Gasteiger charge is 2.24. The first-order valence-electron chi connectivity index (χ1n) is 8.51. The number of pyridine rings is 1. The van der Waals surface area contributed by atoms with E-state index >= 15 is 0 Å². The van der Waals surface area contributed by atoms with Gasteiger partial charge in [0.25, 0.3) is 0 Å². The van der Waals surface area contributed by atoms with Crippen LogP contribution < -0.4 is 4.72 Å². The number of aromatic nitrogens is 1. The Bertz CT molecular complexity index is 794. The van der Waals surface area contributed by atoms with E-state index in [1.165, 1.54) is 23.9 Å². The van der Waals surface area contributed by atoms with Crippen LogP contribution in [0.5, 0.6) is 0 Å². The minimum atomic E-state index is -3.63. The molecule has 1 unspecified atom stereocenters. The van der Waals surface area contributed by atoms with Gasteiger partial charge in [-0.1, -0.05) is 41.9 Å². The highest BCUT2D eigenvalue weighted by molar-refractivity contribution is 7.89. The van der Waals surface area contributed by atoms with Crippen LogP contribution in [0.15, 0.2) is 53.6 Å². The van der Waals surface area contributed by atoms with E-state index in [0.717, 1.165) is 19.5 Å². The fourth-order valence-corrected chi connectivity index (χ4v) is 4.10. The first kappa shape index (κ1) is 19.3. The van der Waals surface area contributed by atoms with Crippen LogP contribution in [0.25, 0.3) is 0 Å². The van der Waals surface area contributed by atoms with Gasteiger partial charge in [0.15, 0.2) is 0 Å². The summed E-state index contributed by atoms with van der Waals surface area (Å²) < 4.78 is 33.2. The van der Waals surface area contributed by atoms with Gasteiger partial charge in [-0.05, 0) is 24.1 Å². The second-order valence-corrected chi connectivity index (χ2v) is 8.31. The topological polar surface area (TPSA) is 71.5 Å². The van der Waals surface area contributed by atoms with E-state index in [2.05, 4.69) is 26.7 Å². The lowest BCUT2D eigenvalue weighted by atomic mass is 10.0. The standard InChI is InChI=1S/C18H22ClN3O3S/c19-18-7-6-17(14-20-18)26(23,24)21-13-16(22-8-10-25-11-9-22)12-15-4-2-1-3-5-15/h1-7,14,16,21H,8-13H2. The molecule has 0 saturated carbocycles. The molecule has 0 aliphatic carbocycles. The monoisotopic (exact) mass is 395 g/mol. The first-order valence-corrected chi connectivity index (χ1v) is 10.4. The largest absolute Gasteiger partial charge is 0.379 e. The van der Waals surface area contributed by atoms with Crippen molar-refractivity contribution in [3.63, 3.8) is 0 Å². The number of benzene rings is 1. The zero-order valence-electron chi connectivity index (χ0n) is 14.3. The van der Waals surface area contributed by atoms with E-state index in [0.29, 0.717) is 19.8 Å². The van der Waals surface area contributed by atoms with E-state index in [1.807, 2.05) is 18.2 Å². The zero-order chi connectivity index (χ0) is 18.4. The molecule has 3 rings (SSSR count). The molecule has 1 aliphatic rings. The summed E-state index contributed by atoms with van der Waals surface area (Å²) in [6.07, 6.45) is 2.04. The Morgan fingerprint density at radius 2 is 1.88 bits per heavy atom. The summed E-state index contributed by atoms with van der Waals surface area (Å²) in [4.78, 5) is 6.24. The van der Waals surface area contributed by atoms with Crippen molar-refractivity contribution in [2.45, 2.75) is 17.4 Å². The Morgan fingerprint density at radius 3 is 2.54 bits per heavy atom. The molecule has 140 valence electrons. The summed E-state index contributed by atoms with van der Waals surface area (Å²) in [5.74, 6) is 0. The highest BCUT2D eigenvalue weighted by atomic mass is 35.5. The normalized spacial score (nSPS) is 17.1. The van der Waals surface area contributed by atoms with Crippen molar-refractivity contribution in [3.8, 4) is 0 Å². The molecular weight excluding hydrogens is 374 g/mol. The number of nitrogens with one attached hydrogen (secondary N) is 1. The fourth-order valence-electron chi connectivity index (χ4n) is 2.97. The number of hydrogen-bond donors (Lipinski definition) is 1. The zero-order valence-corrected chi connectivity index (χ0v) is 15.9. The van der Waals surface area contributed by atoms with Crippen LogP contribution in [-0.4, -0.2) is 57.2 Å². The molecule has 0 bridgehead atoms. The van der Waals surface area contributed by atoms with E-state index in [-0.39, 0.29) is 16.1 Å². The smallest absolute Gasteiger partial charge is 0.242 e. The average Bonchev–Trinajstić information content (AvgIpc) is 2.67. The Kier molecular flexibility index (Phi) is 6.61. The summed E-state index contributed by atoms with van der Waals surface area (Å²) in [7, 11) is -3.63. The second-order valence-electron chi connectivity index (χ2n) is 6.16. The minimum Gasteiger partial charge on any atom is -0.379 e. The third-order valence-corrected chi connectivity index (χ3v) is 6.03. The van der Waals surface area contributed by atoms with Gasteiger partial charge < -0.3 is 4.74 Å². The minimum absolute atomic E-state index is 0.0522. The fraction of sp³-hybridized carbons (Fsp3) is 0.389. The van der Waals surface area contributed by atoms with Gasteiger partial charge in [0.1, 0.15) is 10.0 Å². The molecule has 1 aliphatic heterocycles. The van der Waals surface area contributed by atoms with Gasteiger partial charge in [0.05, 0.1) is 13.2 Å². The maximum absolute atomic E-state index is 12.5. The lowest BCUT2D eigenvalue weighted by Crippen LogP contribution is -2.49. The molecule has 1 atom stereocenters. The molecule has 0 radical (unpaired) electrons. The molecule has 1 aromatic carbocycles. The summed E-state index contributed by atoms with van der Waals surface area (Å²) in [6.45, 7) is 3.24. The maximum atomic E-state index is 12.5. The molecule has 1 saturated heterocycles. The van der Waals surface area contributed by atoms with Gasteiger partial charge in [-0.15, -0.1) is 0 Å². The van der Waals surface area contributed by atoms with Gasteiger partial charge in [0.2, 0.25) is 10.0 Å². The van der Waals surface area contributed by atoms with Crippen molar-refractivity contribution in [3.05, 3.63) is 59.4 Å². The molecular formula is C18H22ClN3O3S. The molecule has 2 aromatic rings. The van der Waals surface area contributed by atoms with Crippen LogP contribution >= 0.6 is 11.6 Å². The first-order chi connectivity index (χ1) is 12.5. The number of halogens is 1. The van der Waals surface area contributed by atoms with E-state index < -0.39 is 10.0 Å². The van der Waals surface area contributed by atoms with E-state index in [1.54, 1.807) is 0 Å². The number of nitrogens with zero attached hydrogens (tertiary/aromatic N) is 2. The molecule has 1 fully saturated rings. The van der Waals surface area contributed by atoms with Crippen molar-refractivity contribution in [1.29, 1.82) is 0 Å². The second kappa shape index (κ2) is 8.92. The van der Waals surface area contributed by atoms with Crippen molar-refractivity contribution >= 4 is 21.6 Å². The van der Waals surface area contributed by atoms with Crippen molar-refractivity contribution < 1.29 is 13.2 Å². The molecule has 2 heterocycles. The molecule has 1 N–H and O–H groups in total. The Hall–Kier alpha value is -1.51. The van der Waals surface area contributed by atoms with Crippen LogP contribution in [-0.2, 0) is 21.2 Å². The van der Waals surface area contributed by atoms with Crippen LogP contribution in [0.4, 0.5) is 0 Å². The molecule has 8 heteroatoms. The van der Waals surface area contributed by atoms with Gasteiger partial charge >= 0.3 is 0 Å². The Balaban J connectivity index is 1.71. The molecule has 0 spiro atoms. The summed E-state index contributed by atoms with van der Waals surface area (Å²) >= 11 is 5.74. The number of morpholine rings is 1. The van der Waals surface area contributed by atoms with E-state index in [9.17, 15) is 8.42 Å². The van der Waals surface area contributed by atoms with Crippen LogP contribution in [0.3, 0.4) is 0 Å². The molecule has 26 heavy (non-hydrogen) atoms. The maximum Gasteiger partial charge on any atom is 0.242 e. The predicted molar refractivity (Wildman–Crippen MR) is 101 cm³/mol. The quantitative estimate of drug-likeness (QED) is 0.725. The lowest BCUT2D eigenvalue weighted by Gasteiger charge is -2.34. The van der Waals surface area contributed by atoms with E-state index in [4.69, 9.17) is 16.3 Å². The third-order valence-electron chi connectivity index (χ3n) is 4.40. The van der Waals surface area contributed by atoms with Gasteiger partial charge in [-0.2, -0.15) is 0 Å². The van der Waals surface area contributed by atoms with Crippen molar-refractivity contribution in [2.75, 3.05) is 32.8 Å². The predicted octanol–water partition coefficient (Wildman–Crippen LogP) is 1.96. The summed E-state index contributed by atoms with van der Waals surface area (Å²) in [5, 5.41) is 0.263. The third kappa shape index (κ3) is 5.25. The molecule has 6 nitrogen and oxygen atoms in total. The molecule has 0 amide bonds. The van der Waals surface area contributed by atoms with Crippen LogP contribution in [0.2, 0.25) is 5.15 Å². The number of hydrogen-bond acceptors (Lipinski definition) is 5. The lowest BCUT2D eigenvalue weighted by molar-refractivity contribution is 0.0177. The Labute approximate surface area is 159 Å². The number of rotatable bonds is 7. The highest BCUT2D eigenvalue weighted by Crippen LogP contribution is 2.14. The summed E-state index contributed by atoms with van der Waals surface area (Å²) in [5.41, 5.74) is 1.18.